The van der Waals surface area contributed by atoms with E-state index in [1.54, 1.807) is 0 Å². The van der Waals surface area contributed by atoms with Gasteiger partial charge in [-0.1, -0.05) is 53.0 Å². The summed E-state index contributed by atoms with van der Waals surface area (Å²) < 4.78 is 19.6. The molecule has 5 rings (SSSR count). The minimum atomic E-state index is 0.0142. The van der Waals surface area contributed by atoms with Crippen LogP contribution in [0.5, 0.6) is 5.75 Å². The molecule has 0 amide bonds. The smallest absolute Gasteiger partial charge is 0.147 e. The van der Waals surface area contributed by atoms with Crippen molar-refractivity contribution in [3.05, 3.63) is 66.2 Å². The van der Waals surface area contributed by atoms with Crippen molar-refractivity contribution in [3.63, 3.8) is 0 Å². The molecule has 0 bridgehead atoms. The summed E-state index contributed by atoms with van der Waals surface area (Å²) in [6.45, 7) is 22.9. The van der Waals surface area contributed by atoms with Crippen LogP contribution in [0.15, 0.2) is 60.5 Å². The summed E-state index contributed by atoms with van der Waals surface area (Å²) in [6, 6.07) is 6.40. The van der Waals surface area contributed by atoms with Crippen LogP contribution < -0.4 is 4.74 Å². The molecule has 0 N–H and O–H groups in total. The number of nitrogens with zero attached hydrogens (tertiary/aromatic N) is 3. The third-order valence-electron chi connectivity index (χ3n) is 6.96. The zero-order valence-electron chi connectivity index (χ0n) is 21.0. The minimum absolute atomic E-state index is 0.0142. The Labute approximate surface area is 202 Å². The topological polar surface area (TPSA) is 48.8 Å². The minimum Gasteiger partial charge on any atom is -0.494 e. The molecule has 1 unspecified atom stereocenters. The van der Waals surface area contributed by atoms with Crippen molar-refractivity contribution >= 4 is 16.6 Å². The molecule has 1 saturated heterocycles. The molecule has 0 radical (unpaired) electrons. The van der Waals surface area contributed by atoms with E-state index in [9.17, 15) is 0 Å². The molecule has 1 atom stereocenters. The van der Waals surface area contributed by atoms with Crippen LogP contribution in [0.4, 0.5) is 0 Å². The lowest BCUT2D eigenvalue weighted by atomic mass is 9.82. The zero-order valence-corrected chi connectivity index (χ0v) is 21.0. The lowest BCUT2D eigenvalue weighted by molar-refractivity contribution is -0.120. The predicted molar refractivity (Wildman–Crippen MR) is 135 cm³/mol. The van der Waals surface area contributed by atoms with Crippen molar-refractivity contribution < 1.29 is 14.2 Å². The molecule has 0 spiro atoms. The van der Waals surface area contributed by atoms with Crippen molar-refractivity contribution in [1.29, 1.82) is 0 Å². The molecule has 2 aromatic rings. The number of allylic oxidation sites excluding steroid dienone is 2. The van der Waals surface area contributed by atoms with E-state index >= 15 is 0 Å². The van der Waals surface area contributed by atoms with Gasteiger partial charge in [-0.3, -0.25) is 4.68 Å². The zero-order chi connectivity index (χ0) is 24.3. The molecule has 0 saturated carbocycles. The first-order valence-electron chi connectivity index (χ1n) is 12.0. The summed E-state index contributed by atoms with van der Waals surface area (Å²) in [5, 5.41) is 6.15. The van der Waals surface area contributed by atoms with E-state index in [0.29, 0.717) is 19.0 Å². The fraction of sp³-hybridized carbons (Fsp3) is 0.464. The number of aromatic nitrogens is 2. The summed E-state index contributed by atoms with van der Waals surface area (Å²) >= 11 is 0. The van der Waals surface area contributed by atoms with Crippen LogP contribution in [0.1, 0.15) is 40.3 Å². The molecular weight excluding hydrogens is 426 g/mol. The second-order valence-electron chi connectivity index (χ2n) is 11.0. The van der Waals surface area contributed by atoms with Crippen LogP contribution in [0.3, 0.4) is 0 Å². The van der Waals surface area contributed by atoms with Gasteiger partial charge in [-0.2, -0.15) is 5.10 Å². The standard InChI is InChI=1S/C28H35N3O3/c1-8-33-19(3)21-13-30-22(12-18(21)2)26-20-10-9-11-23(34-17-28(7)15-32-16-28)25(20)29-31(26)14-24(30)27(4,5)6/h9-13,24H,2-3,8,14-17H2,1,4-7H3. The molecular formula is C28H35N3O3. The first-order chi connectivity index (χ1) is 16.1. The normalized spacial score (nSPS) is 21.3. The van der Waals surface area contributed by atoms with Gasteiger partial charge in [0, 0.05) is 22.6 Å². The van der Waals surface area contributed by atoms with Crippen molar-refractivity contribution in [2.24, 2.45) is 10.8 Å². The molecule has 1 aromatic carbocycles. The van der Waals surface area contributed by atoms with Crippen molar-refractivity contribution in [1.82, 2.24) is 14.7 Å². The highest BCUT2D eigenvalue weighted by Gasteiger charge is 2.40. The monoisotopic (exact) mass is 461 g/mol. The van der Waals surface area contributed by atoms with Crippen LogP contribution in [-0.4, -0.2) is 47.1 Å². The van der Waals surface area contributed by atoms with E-state index in [-0.39, 0.29) is 16.9 Å². The van der Waals surface area contributed by atoms with Crippen LogP contribution >= 0.6 is 0 Å². The Morgan fingerprint density at radius 3 is 2.71 bits per heavy atom. The average molecular weight is 462 g/mol. The highest BCUT2D eigenvalue weighted by molar-refractivity contribution is 5.95. The van der Waals surface area contributed by atoms with Crippen LogP contribution in [0.2, 0.25) is 0 Å². The maximum Gasteiger partial charge on any atom is 0.147 e. The number of benzene rings is 1. The molecule has 6 nitrogen and oxygen atoms in total. The Hall–Kier alpha value is -2.99. The number of fused-ring (bicyclic) bond motifs is 5. The number of hydrogen-bond acceptors (Lipinski definition) is 5. The SMILES string of the molecule is C=C1C=C2c3c4cccc(OCC5(C)COC5)c4nn3CC(C(C)(C)C)N2C=C1C(=C)OCC. The fourth-order valence-corrected chi connectivity index (χ4v) is 4.93. The van der Waals surface area contributed by atoms with Crippen molar-refractivity contribution in [2.75, 3.05) is 26.4 Å². The molecule has 3 aliphatic rings. The van der Waals surface area contributed by atoms with E-state index in [4.69, 9.17) is 19.3 Å². The lowest BCUT2D eigenvalue weighted by Gasteiger charge is -2.46. The van der Waals surface area contributed by atoms with Gasteiger partial charge in [0.1, 0.15) is 17.0 Å². The largest absolute Gasteiger partial charge is 0.494 e. The summed E-state index contributed by atoms with van der Waals surface area (Å²) in [6.07, 6.45) is 4.30. The van der Waals surface area contributed by atoms with Crippen LogP contribution in [0, 0.1) is 10.8 Å². The number of ether oxygens (including phenoxy) is 3. The summed E-state index contributed by atoms with van der Waals surface area (Å²) in [5.74, 6) is 1.48. The fourth-order valence-electron chi connectivity index (χ4n) is 4.93. The van der Waals surface area contributed by atoms with Gasteiger partial charge in [-0.25, -0.2) is 0 Å². The molecule has 0 aliphatic carbocycles. The quantitative estimate of drug-likeness (QED) is 0.530. The van der Waals surface area contributed by atoms with Gasteiger partial charge < -0.3 is 19.1 Å². The Morgan fingerprint density at radius 1 is 1.29 bits per heavy atom. The molecule has 3 aliphatic heterocycles. The third-order valence-corrected chi connectivity index (χ3v) is 6.96. The van der Waals surface area contributed by atoms with Gasteiger partial charge in [0.05, 0.1) is 50.4 Å². The first-order valence-corrected chi connectivity index (χ1v) is 12.0. The predicted octanol–water partition coefficient (Wildman–Crippen LogP) is 5.53. The summed E-state index contributed by atoms with van der Waals surface area (Å²) in [7, 11) is 0. The Kier molecular flexibility index (Phi) is 5.40. The maximum absolute atomic E-state index is 6.28. The highest BCUT2D eigenvalue weighted by Crippen LogP contribution is 2.44. The molecule has 1 fully saturated rings. The first kappa shape index (κ1) is 22.8. The Bertz CT molecular complexity index is 1220. The number of hydrogen-bond donors (Lipinski definition) is 0. The van der Waals surface area contributed by atoms with Crippen molar-refractivity contribution in [3.8, 4) is 5.75 Å². The lowest BCUT2D eigenvalue weighted by Crippen LogP contribution is -2.47. The third kappa shape index (κ3) is 3.74. The van der Waals surface area contributed by atoms with Crippen molar-refractivity contribution in [2.45, 2.75) is 47.2 Å². The van der Waals surface area contributed by atoms with Gasteiger partial charge >= 0.3 is 0 Å². The van der Waals surface area contributed by atoms with E-state index < -0.39 is 0 Å². The summed E-state index contributed by atoms with van der Waals surface area (Å²) in [4.78, 5) is 2.37. The molecule has 6 heteroatoms. The van der Waals surface area contributed by atoms with Gasteiger partial charge in [-0.05, 0) is 30.1 Å². The van der Waals surface area contributed by atoms with Gasteiger partial charge in [0.2, 0.25) is 0 Å². The van der Waals surface area contributed by atoms with E-state index in [0.717, 1.165) is 58.9 Å². The molecule has 34 heavy (non-hydrogen) atoms. The average Bonchev–Trinajstić information content (AvgIpc) is 3.14. The molecule has 1 aromatic heterocycles. The van der Waals surface area contributed by atoms with Crippen LogP contribution in [-0.2, 0) is 16.0 Å². The second-order valence-corrected chi connectivity index (χ2v) is 11.0. The van der Waals surface area contributed by atoms with E-state index in [1.165, 1.54) is 0 Å². The van der Waals surface area contributed by atoms with Gasteiger partial charge in [0.15, 0.2) is 0 Å². The number of rotatable bonds is 6. The van der Waals surface area contributed by atoms with E-state index in [1.807, 2.05) is 13.0 Å². The van der Waals surface area contributed by atoms with Crippen LogP contribution in [0.25, 0.3) is 16.6 Å². The van der Waals surface area contributed by atoms with Gasteiger partial charge in [0.25, 0.3) is 0 Å². The molecule has 4 heterocycles. The Balaban J connectivity index is 1.59. The summed E-state index contributed by atoms with van der Waals surface area (Å²) in [5.41, 5.74) is 5.02. The molecule has 180 valence electrons. The second kappa shape index (κ2) is 8.05. The highest BCUT2D eigenvalue weighted by atomic mass is 16.5. The van der Waals surface area contributed by atoms with E-state index in [2.05, 4.69) is 74.8 Å². The van der Waals surface area contributed by atoms with Gasteiger partial charge in [-0.15, -0.1) is 0 Å². The Morgan fingerprint density at radius 2 is 2.06 bits per heavy atom. The maximum atomic E-state index is 6.28.